The van der Waals surface area contributed by atoms with Crippen LogP contribution in [-0.4, -0.2) is 20.3 Å². The van der Waals surface area contributed by atoms with Crippen LogP contribution in [0.3, 0.4) is 0 Å². The fourth-order valence-electron chi connectivity index (χ4n) is 0.551. The fourth-order valence-corrected chi connectivity index (χ4v) is 0.910. The van der Waals surface area contributed by atoms with Gasteiger partial charge in [-0.2, -0.15) is 9.59 Å². The molecule has 0 saturated heterocycles. The zero-order valence-corrected chi connectivity index (χ0v) is 8.76. The molecule has 0 rings (SSSR count). The van der Waals surface area contributed by atoms with Crippen molar-refractivity contribution in [2.24, 2.45) is 0 Å². The first-order chi connectivity index (χ1) is 6.72. The van der Waals surface area contributed by atoms with Gasteiger partial charge >= 0.3 is 6.15 Å². The molecule has 71 valence electrons. The molecule has 4 heteroatoms. The molecule has 0 saturated carbocycles. The van der Waals surface area contributed by atoms with Gasteiger partial charge in [0.15, 0.2) is 7.09 Å². The Morgan fingerprint density at radius 3 is 2.77 bits per heavy atom. The summed E-state index contributed by atoms with van der Waals surface area (Å²) >= 11 is 1.50. The van der Waals surface area contributed by atoms with E-state index in [1.165, 1.54) is 24.3 Å². The molecule has 0 fully saturated rings. The zero-order valence-electron chi connectivity index (χ0n) is 8.95. The van der Waals surface area contributed by atoms with Crippen molar-refractivity contribution in [2.75, 3.05) is 5.75 Å². The molecule has 0 aromatic carbocycles. The lowest BCUT2D eigenvalue weighted by molar-refractivity contribution is -0.191. The number of allylic oxidation sites excluding steroid dienone is 3. The lowest BCUT2D eigenvalue weighted by Crippen LogP contribution is -1.72. The van der Waals surface area contributed by atoms with Crippen LogP contribution < -0.4 is 0 Å². The Balaban J connectivity index is 0. The zero-order chi connectivity index (χ0) is 11.2. The second-order valence-corrected chi connectivity index (χ2v) is 2.84. The molecule has 0 aliphatic carbocycles. The normalized spacial score (nSPS) is 11.2. The van der Waals surface area contributed by atoms with Crippen LogP contribution in [0.2, 0.25) is 0 Å². The molecule has 0 heterocycles. The summed E-state index contributed by atoms with van der Waals surface area (Å²) in [5.74, 6) is 0.906. The molecule has 0 N–H and O–H groups in total. The lowest BCUT2D eigenvalue weighted by atomic mass is 10.2. The summed E-state index contributed by atoms with van der Waals surface area (Å²) < 4.78 is 6.78. The molecule has 0 unspecified atom stereocenters. The van der Waals surface area contributed by atoms with Crippen LogP contribution >= 0.6 is 11.6 Å². The number of rotatable bonds is 5. The SMILES string of the molecule is O=C=O.[3H][B]SC/C=C(C)/C=C/CC. The van der Waals surface area contributed by atoms with Crippen molar-refractivity contribution in [1.29, 1.82) is 1.34 Å². The molecule has 0 spiro atoms. The standard InChI is InChI=1S/C8H14BS.CO2/c1-3-4-5-8(2)6-7-10-9;2-1-3/h4-6,9H,3,7H2,1-2H3;/b5-4+,8-6+;/i9T;. The number of hydrogen-bond donors (Lipinski definition) is 0. The summed E-state index contributed by atoms with van der Waals surface area (Å²) in [5.41, 5.74) is 1.28. The van der Waals surface area contributed by atoms with Crippen LogP contribution in [-0.2, 0) is 9.59 Å². The Hall–Kier alpha value is -0.725. The van der Waals surface area contributed by atoms with Gasteiger partial charge in [-0.25, -0.2) is 11.6 Å². The predicted molar refractivity (Wildman–Crippen MR) is 57.8 cm³/mol. The highest BCUT2D eigenvalue weighted by Crippen LogP contribution is 1.99. The van der Waals surface area contributed by atoms with Crippen molar-refractivity contribution in [3.63, 3.8) is 0 Å². The van der Waals surface area contributed by atoms with E-state index in [1.807, 2.05) is 0 Å². The van der Waals surface area contributed by atoms with Gasteiger partial charge in [-0.3, -0.25) is 0 Å². The van der Waals surface area contributed by atoms with E-state index < -0.39 is 0 Å². The molecule has 0 aromatic heterocycles. The summed E-state index contributed by atoms with van der Waals surface area (Å²) in [6.07, 6.45) is 7.72. The highest BCUT2D eigenvalue weighted by atomic mass is 32.2. The quantitative estimate of drug-likeness (QED) is 0.385. The first-order valence-electron chi connectivity index (χ1n) is 4.44. The van der Waals surface area contributed by atoms with E-state index in [4.69, 9.17) is 10.9 Å². The van der Waals surface area contributed by atoms with Gasteiger partial charge in [0, 0.05) is 5.75 Å². The fraction of sp³-hybridized carbons (Fsp3) is 0.444. The van der Waals surface area contributed by atoms with E-state index in [1.54, 1.807) is 0 Å². The summed E-state index contributed by atoms with van der Waals surface area (Å²) in [7, 11) is 1.37. The minimum absolute atomic E-state index is 0.250. The average molecular weight is 199 g/mol. The molecule has 0 aliphatic heterocycles. The third-order valence-electron chi connectivity index (χ3n) is 1.12. The van der Waals surface area contributed by atoms with Crippen LogP contribution in [0.4, 0.5) is 0 Å². The second-order valence-electron chi connectivity index (χ2n) is 2.18. The Kier molecular flexibility index (Phi) is 13.1. The average Bonchev–Trinajstić information content (AvgIpc) is 2.16. The maximum atomic E-state index is 8.12. The first kappa shape index (κ1) is 12.3. The molecule has 13 heavy (non-hydrogen) atoms. The van der Waals surface area contributed by atoms with Gasteiger partial charge in [0.05, 0.1) is 0 Å². The van der Waals surface area contributed by atoms with E-state index >= 15 is 0 Å². The van der Waals surface area contributed by atoms with Crippen LogP contribution in [0.15, 0.2) is 23.8 Å². The largest absolute Gasteiger partial charge is 0.373 e. The molecule has 0 atom stereocenters. The van der Waals surface area contributed by atoms with E-state index in [0.29, 0.717) is 0 Å². The van der Waals surface area contributed by atoms with Crippen molar-refractivity contribution in [2.45, 2.75) is 20.3 Å². The topological polar surface area (TPSA) is 34.1 Å². The van der Waals surface area contributed by atoms with Crippen LogP contribution in [0.25, 0.3) is 0 Å². The highest BCUT2D eigenvalue weighted by molar-refractivity contribution is 8.19. The van der Waals surface area contributed by atoms with Gasteiger partial charge in [0.25, 0.3) is 0 Å². The maximum Gasteiger partial charge on any atom is 0.373 e. The van der Waals surface area contributed by atoms with Gasteiger partial charge in [0.2, 0.25) is 0 Å². The van der Waals surface area contributed by atoms with Crippen molar-refractivity contribution in [3.05, 3.63) is 23.8 Å². The van der Waals surface area contributed by atoms with Gasteiger partial charge in [-0.1, -0.05) is 30.7 Å². The van der Waals surface area contributed by atoms with Crippen LogP contribution in [0, 0.1) is 0 Å². The van der Waals surface area contributed by atoms with Gasteiger partial charge < -0.3 is 0 Å². The van der Waals surface area contributed by atoms with Gasteiger partial charge in [-0.15, -0.1) is 0 Å². The monoisotopic (exact) mass is 199 g/mol. The third-order valence-corrected chi connectivity index (χ3v) is 1.48. The molecule has 0 aromatic rings. The molecular weight excluding hydrogens is 183 g/mol. The molecule has 0 amide bonds. The minimum atomic E-state index is 0.250. The van der Waals surface area contributed by atoms with Crippen molar-refractivity contribution >= 4 is 24.9 Å². The lowest BCUT2D eigenvalue weighted by Gasteiger charge is -1.90. The Bertz CT molecular complexity index is 211. The summed E-state index contributed by atoms with van der Waals surface area (Å²) in [6, 6.07) is 0. The van der Waals surface area contributed by atoms with Gasteiger partial charge in [0.1, 0.15) is 0 Å². The number of carbonyl (C=O) groups excluding carboxylic acids is 2. The minimum Gasteiger partial charge on any atom is -0.219 e. The molecule has 0 bridgehead atoms. The van der Waals surface area contributed by atoms with E-state index in [2.05, 4.69) is 32.1 Å². The maximum absolute atomic E-state index is 8.12. The van der Waals surface area contributed by atoms with Crippen molar-refractivity contribution in [3.8, 4) is 0 Å². The first-order valence-corrected chi connectivity index (χ1v) is 4.92. The second kappa shape index (κ2) is 13.8. The Morgan fingerprint density at radius 2 is 2.31 bits per heavy atom. The Morgan fingerprint density at radius 1 is 1.69 bits per heavy atom. The van der Waals surface area contributed by atoms with E-state index in [0.717, 1.165) is 12.2 Å². The van der Waals surface area contributed by atoms with Crippen molar-refractivity contribution < 1.29 is 9.59 Å². The third kappa shape index (κ3) is 18.3. The van der Waals surface area contributed by atoms with E-state index in [-0.39, 0.29) is 6.15 Å². The highest BCUT2D eigenvalue weighted by Gasteiger charge is 1.78. The Labute approximate surface area is 86.1 Å². The van der Waals surface area contributed by atoms with Gasteiger partial charge in [-0.05, 0) is 14.7 Å². The molecule has 2 nitrogen and oxygen atoms in total. The molecular formula is C9H14BO2S. The molecule has 1 radical (unpaired) electrons. The van der Waals surface area contributed by atoms with Crippen molar-refractivity contribution in [1.82, 2.24) is 0 Å². The predicted octanol–water partition coefficient (Wildman–Crippen LogP) is 1.86. The molecule has 0 aliphatic rings. The summed E-state index contributed by atoms with van der Waals surface area (Å²) in [4.78, 5) is 16.2. The number of hydrogen-bond acceptors (Lipinski definition) is 3. The smallest absolute Gasteiger partial charge is 0.219 e. The van der Waals surface area contributed by atoms with E-state index in [9.17, 15) is 0 Å². The van der Waals surface area contributed by atoms with Crippen LogP contribution in [0.5, 0.6) is 0 Å². The van der Waals surface area contributed by atoms with Crippen LogP contribution in [0.1, 0.15) is 20.3 Å². The summed E-state index contributed by atoms with van der Waals surface area (Å²) in [6.45, 7) is 4.20. The summed E-state index contributed by atoms with van der Waals surface area (Å²) in [5, 5.41) is 0.